The van der Waals surface area contributed by atoms with Crippen molar-refractivity contribution in [3.63, 3.8) is 0 Å². The Morgan fingerprint density at radius 3 is 2.27 bits per heavy atom. The Labute approximate surface area is 263 Å². The van der Waals surface area contributed by atoms with Crippen LogP contribution < -0.4 is 15.4 Å². The van der Waals surface area contributed by atoms with Crippen LogP contribution in [0.1, 0.15) is 47.3 Å². The number of esters is 1. The average Bonchev–Trinajstić information content (AvgIpc) is 3.04. The molecule has 0 spiro atoms. The summed E-state index contributed by atoms with van der Waals surface area (Å²) in [6, 6.07) is 30.2. The molecule has 2 N–H and O–H groups in total. The van der Waals surface area contributed by atoms with Crippen LogP contribution in [0.2, 0.25) is 5.02 Å². The molecule has 1 amide bonds. The molecular weight excluding hydrogens is 576 g/mol. The highest BCUT2D eigenvalue weighted by Gasteiger charge is 2.29. The van der Waals surface area contributed by atoms with Crippen molar-refractivity contribution in [2.75, 3.05) is 25.6 Å². The summed E-state index contributed by atoms with van der Waals surface area (Å²) >= 11 is 6.10. The number of hydrogen-bond donors (Lipinski definition) is 2. The molecule has 0 aromatic heterocycles. The zero-order valence-electron chi connectivity index (χ0n) is 25.1. The third-order valence-corrected chi connectivity index (χ3v) is 7.61. The zero-order chi connectivity index (χ0) is 31.5. The van der Waals surface area contributed by atoms with E-state index in [-0.39, 0.29) is 11.7 Å². The first-order chi connectivity index (χ1) is 21.2. The maximum absolute atomic E-state index is 13.2. The van der Waals surface area contributed by atoms with Gasteiger partial charge in [0.1, 0.15) is 11.8 Å². The minimum absolute atomic E-state index is 0.0788. The molecule has 0 aliphatic rings. The van der Waals surface area contributed by atoms with Gasteiger partial charge in [-0.05, 0) is 67.8 Å². The van der Waals surface area contributed by atoms with Gasteiger partial charge in [-0.1, -0.05) is 78.3 Å². The maximum atomic E-state index is 13.2. The molecule has 0 aliphatic heterocycles. The van der Waals surface area contributed by atoms with Crippen LogP contribution in [0, 0.1) is 0 Å². The molecule has 1 atom stereocenters. The highest BCUT2D eigenvalue weighted by atomic mass is 35.5. The summed E-state index contributed by atoms with van der Waals surface area (Å²) in [7, 11) is 1.34. The fourth-order valence-electron chi connectivity index (χ4n) is 4.73. The fourth-order valence-corrected chi connectivity index (χ4v) is 4.92. The summed E-state index contributed by atoms with van der Waals surface area (Å²) in [5.41, 5.74) is 2.63. The molecule has 0 radical (unpaired) electrons. The Morgan fingerprint density at radius 1 is 0.864 bits per heavy atom. The number of hydrogen-bond acceptors (Lipinski definition) is 6. The smallest absolute Gasteiger partial charge is 0.328 e. The van der Waals surface area contributed by atoms with E-state index in [4.69, 9.17) is 21.1 Å². The summed E-state index contributed by atoms with van der Waals surface area (Å²) in [4.78, 5) is 38.7. The molecule has 0 fully saturated rings. The second-order valence-corrected chi connectivity index (χ2v) is 11.3. The maximum Gasteiger partial charge on any atom is 0.328 e. The molecule has 1 unspecified atom stereocenters. The number of ketones is 1. The highest BCUT2D eigenvalue weighted by Crippen LogP contribution is 2.26. The Morgan fingerprint density at radius 2 is 1.57 bits per heavy atom. The molecule has 0 saturated heterocycles. The van der Waals surface area contributed by atoms with E-state index in [0.29, 0.717) is 53.6 Å². The topological polar surface area (TPSA) is 93.7 Å². The summed E-state index contributed by atoms with van der Waals surface area (Å²) in [6.45, 7) is 4.64. The van der Waals surface area contributed by atoms with Gasteiger partial charge in [-0.15, -0.1) is 0 Å². The Kier molecular flexibility index (Phi) is 11.2. The predicted octanol–water partition coefficient (Wildman–Crippen LogP) is 6.63. The lowest BCUT2D eigenvalue weighted by atomic mass is 9.84. The number of nitrogens with one attached hydrogen (secondary N) is 2. The first-order valence-corrected chi connectivity index (χ1v) is 14.9. The molecule has 8 heteroatoms. The predicted molar refractivity (Wildman–Crippen MR) is 173 cm³/mol. The molecule has 44 heavy (non-hydrogen) atoms. The molecule has 4 aromatic carbocycles. The van der Waals surface area contributed by atoms with E-state index < -0.39 is 17.4 Å². The third kappa shape index (κ3) is 8.48. The number of carbonyl (C=O) groups is 3. The van der Waals surface area contributed by atoms with Crippen LogP contribution in [0.3, 0.4) is 0 Å². The largest absolute Gasteiger partial charge is 0.494 e. The summed E-state index contributed by atoms with van der Waals surface area (Å²) in [5.74, 6) is 0.0294. The van der Waals surface area contributed by atoms with E-state index in [0.717, 1.165) is 11.1 Å². The molecule has 0 aliphatic carbocycles. The minimum atomic E-state index is -0.712. The molecular formula is C36H37ClN2O5. The van der Waals surface area contributed by atoms with Crippen molar-refractivity contribution in [2.45, 2.75) is 38.1 Å². The summed E-state index contributed by atoms with van der Waals surface area (Å²) < 4.78 is 10.9. The van der Waals surface area contributed by atoms with Crippen molar-refractivity contribution >= 4 is 34.9 Å². The van der Waals surface area contributed by atoms with Gasteiger partial charge >= 0.3 is 5.97 Å². The van der Waals surface area contributed by atoms with Crippen LogP contribution in [0.25, 0.3) is 0 Å². The standard InChI is InChI=1S/C36H37ClN2O5/c1-36(2,27-13-9-14-28(37)24-27)35(42)38-21-10-22-44-29-19-17-25(18-20-29)23-32(34(41)43-3)39-31-16-8-7-15-30(31)33(40)26-11-5-4-6-12-26/h4-9,11-20,24,32,39H,10,21-23H2,1-3H3,(H,38,42). The van der Waals surface area contributed by atoms with Crippen molar-refractivity contribution < 1.29 is 23.9 Å². The number of para-hydroxylation sites is 1. The Balaban J connectivity index is 1.30. The average molecular weight is 613 g/mol. The van der Waals surface area contributed by atoms with Crippen LogP contribution >= 0.6 is 11.6 Å². The Hall–Kier alpha value is -4.62. The summed E-state index contributed by atoms with van der Waals surface area (Å²) in [5, 5.41) is 6.80. The van der Waals surface area contributed by atoms with Gasteiger partial charge in [0.2, 0.25) is 5.91 Å². The van der Waals surface area contributed by atoms with Gasteiger partial charge in [-0.25, -0.2) is 4.79 Å². The number of ether oxygens (including phenoxy) is 2. The number of benzene rings is 4. The van der Waals surface area contributed by atoms with E-state index in [1.807, 2.05) is 80.6 Å². The normalized spacial score (nSPS) is 11.7. The molecule has 0 saturated carbocycles. The van der Waals surface area contributed by atoms with E-state index in [1.165, 1.54) is 7.11 Å². The molecule has 228 valence electrons. The van der Waals surface area contributed by atoms with Gasteiger partial charge in [0.15, 0.2) is 5.78 Å². The van der Waals surface area contributed by atoms with Gasteiger partial charge in [0, 0.05) is 34.8 Å². The molecule has 4 aromatic rings. The lowest BCUT2D eigenvalue weighted by Gasteiger charge is -2.24. The van der Waals surface area contributed by atoms with Gasteiger partial charge in [0.25, 0.3) is 0 Å². The van der Waals surface area contributed by atoms with Crippen molar-refractivity contribution in [2.24, 2.45) is 0 Å². The molecule has 0 bridgehead atoms. The number of amides is 1. The van der Waals surface area contributed by atoms with Crippen molar-refractivity contribution in [3.05, 3.63) is 130 Å². The molecule has 4 rings (SSSR count). The van der Waals surface area contributed by atoms with Crippen LogP contribution in [-0.4, -0.2) is 44.0 Å². The second kappa shape index (κ2) is 15.2. The van der Waals surface area contributed by atoms with Crippen LogP contribution in [0.5, 0.6) is 5.75 Å². The summed E-state index contributed by atoms with van der Waals surface area (Å²) in [6.07, 6.45) is 0.976. The zero-order valence-corrected chi connectivity index (χ0v) is 25.9. The first-order valence-electron chi connectivity index (χ1n) is 14.5. The lowest BCUT2D eigenvalue weighted by molar-refractivity contribution is -0.141. The van der Waals surface area contributed by atoms with Crippen LogP contribution in [-0.2, 0) is 26.2 Å². The number of carbonyl (C=O) groups excluding carboxylic acids is 3. The molecule has 7 nitrogen and oxygen atoms in total. The van der Waals surface area contributed by atoms with Crippen LogP contribution in [0.15, 0.2) is 103 Å². The van der Waals surface area contributed by atoms with Gasteiger partial charge in [0.05, 0.1) is 19.1 Å². The SMILES string of the molecule is COC(=O)C(Cc1ccc(OCCCNC(=O)C(C)(C)c2cccc(Cl)c2)cc1)Nc1ccccc1C(=O)c1ccccc1. The third-order valence-electron chi connectivity index (χ3n) is 7.38. The highest BCUT2D eigenvalue weighted by molar-refractivity contribution is 6.30. The van der Waals surface area contributed by atoms with E-state index in [2.05, 4.69) is 10.6 Å². The monoisotopic (exact) mass is 612 g/mol. The lowest BCUT2D eigenvalue weighted by Crippen LogP contribution is -2.40. The van der Waals surface area contributed by atoms with E-state index in [1.54, 1.807) is 36.4 Å². The number of rotatable bonds is 14. The number of methoxy groups -OCH3 is 1. The molecule has 0 heterocycles. The van der Waals surface area contributed by atoms with Crippen molar-refractivity contribution in [1.82, 2.24) is 5.32 Å². The first kappa shape index (κ1) is 32.3. The van der Waals surface area contributed by atoms with Crippen LogP contribution in [0.4, 0.5) is 5.69 Å². The van der Waals surface area contributed by atoms with E-state index >= 15 is 0 Å². The van der Waals surface area contributed by atoms with E-state index in [9.17, 15) is 14.4 Å². The fraction of sp³-hybridized carbons (Fsp3) is 0.250. The second-order valence-electron chi connectivity index (χ2n) is 10.9. The van der Waals surface area contributed by atoms with Gasteiger partial charge < -0.3 is 20.1 Å². The van der Waals surface area contributed by atoms with Gasteiger partial charge in [-0.3, -0.25) is 9.59 Å². The number of anilines is 1. The number of halogens is 1. The minimum Gasteiger partial charge on any atom is -0.494 e. The Bertz CT molecular complexity index is 1570. The van der Waals surface area contributed by atoms with Crippen molar-refractivity contribution in [1.29, 1.82) is 0 Å². The quantitative estimate of drug-likeness (QED) is 0.0943. The van der Waals surface area contributed by atoms with Gasteiger partial charge in [-0.2, -0.15) is 0 Å². The van der Waals surface area contributed by atoms with Crippen molar-refractivity contribution in [3.8, 4) is 5.75 Å².